The molecule has 1 N–H and O–H groups in total. The highest BCUT2D eigenvalue weighted by molar-refractivity contribution is 9.10. The van der Waals surface area contributed by atoms with Crippen molar-refractivity contribution in [3.05, 3.63) is 57.0 Å². The Hall–Kier alpha value is -0.840. The maximum atomic E-state index is 6.02. The molecular formula is C16H17Br2NO. The van der Waals surface area contributed by atoms with E-state index in [1.807, 2.05) is 36.4 Å². The Balaban J connectivity index is 2.20. The summed E-state index contributed by atoms with van der Waals surface area (Å²) in [6.45, 7) is 3.96. The van der Waals surface area contributed by atoms with Gasteiger partial charge in [-0.2, -0.15) is 0 Å². The molecule has 0 bridgehead atoms. The lowest BCUT2D eigenvalue weighted by molar-refractivity contribution is 0.469. The summed E-state index contributed by atoms with van der Waals surface area (Å²) in [4.78, 5) is 0. The normalized spacial score (nSPS) is 10.6. The summed E-state index contributed by atoms with van der Waals surface area (Å²) in [5, 5.41) is 3.41. The summed E-state index contributed by atoms with van der Waals surface area (Å²) in [6, 6.07) is 13.9. The van der Waals surface area contributed by atoms with E-state index in [1.54, 1.807) is 0 Å². The zero-order valence-electron chi connectivity index (χ0n) is 11.3. The van der Waals surface area contributed by atoms with Crippen LogP contribution >= 0.6 is 31.9 Å². The summed E-state index contributed by atoms with van der Waals surface area (Å²) in [7, 11) is 0. The van der Waals surface area contributed by atoms with Gasteiger partial charge in [0.25, 0.3) is 0 Å². The fourth-order valence-corrected chi connectivity index (χ4v) is 2.61. The van der Waals surface area contributed by atoms with Gasteiger partial charge in [0.15, 0.2) is 0 Å². The first-order valence-corrected chi connectivity index (χ1v) is 8.21. The Bertz CT molecular complexity index is 572. The van der Waals surface area contributed by atoms with Gasteiger partial charge in [0.05, 0.1) is 4.47 Å². The van der Waals surface area contributed by atoms with Crippen LogP contribution in [0.15, 0.2) is 51.4 Å². The third kappa shape index (κ3) is 4.33. The molecule has 0 spiro atoms. The van der Waals surface area contributed by atoms with Crippen LogP contribution in [0.3, 0.4) is 0 Å². The van der Waals surface area contributed by atoms with Crippen molar-refractivity contribution in [3.8, 4) is 11.5 Å². The molecule has 0 heterocycles. The number of hydrogen-bond acceptors (Lipinski definition) is 2. The second kappa shape index (κ2) is 7.81. The molecule has 0 amide bonds. The molecule has 0 aliphatic rings. The number of para-hydroxylation sites is 1. The average Bonchev–Trinajstić information content (AvgIpc) is 2.44. The molecule has 0 radical (unpaired) electrons. The number of halogens is 2. The van der Waals surface area contributed by atoms with Crippen LogP contribution in [0.25, 0.3) is 0 Å². The number of nitrogens with one attached hydrogen (secondary N) is 1. The quantitative estimate of drug-likeness (QED) is 0.648. The lowest BCUT2D eigenvalue weighted by Gasteiger charge is -2.13. The first-order valence-electron chi connectivity index (χ1n) is 6.62. The second-order valence-electron chi connectivity index (χ2n) is 4.46. The monoisotopic (exact) mass is 397 g/mol. The van der Waals surface area contributed by atoms with Crippen LogP contribution in [0.2, 0.25) is 0 Å². The molecule has 2 rings (SSSR count). The molecule has 20 heavy (non-hydrogen) atoms. The van der Waals surface area contributed by atoms with Crippen LogP contribution in [0.4, 0.5) is 0 Å². The van der Waals surface area contributed by atoms with Gasteiger partial charge in [-0.15, -0.1) is 0 Å². The van der Waals surface area contributed by atoms with Gasteiger partial charge in [-0.3, -0.25) is 0 Å². The van der Waals surface area contributed by atoms with E-state index in [0.717, 1.165) is 45.5 Å². The predicted octanol–water partition coefficient (Wildman–Crippen LogP) is 5.50. The van der Waals surface area contributed by atoms with Crippen LogP contribution in [-0.2, 0) is 6.54 Å². The van der Waals surface area contributed by atoms with Crippen molar-refractivity contribution < 1.29 is 4.74 Å². The Kier molecular flexibility index (Phi) is 6.07. The highest BCUT2D eigenvalue weighted by atomic mass is 79.9. The number of hydrogen-bond donors (Lipinski definition) is 1. The van der Waals surface area contributed by atoms with Gasteiger partial charge >= 0.3 is 0 Å². The first kappa shape index (κ1) is 15.5. The van der Waals surface area contributed by atoms with E-state index in [2.05, 4.69) is 50.2 Å². The maximum Gasteiger partial charge on any atom is 0.141 e. The van der Waals surface area contributed by atoms with Gasteiger partial charge in [0.2, 0.25) is 0 Å². The number of ether oxygens (including phenoxy) is 1. The second-order valence-corrected chi connectivity index (χ2v) is 6.23. The SMILES string of the molecule is CCCNCc1cc(Br)ccc1Oc1ccccc1Br. The van der Waals surface area contributed by atoms with Crippen LogP contribution in [0.1, 0.15) is 18.9 Å². The summed E-state index contributed by atoms with van der Waals surface area (Å²) < 4.78 is 8.03. The standard InChI is InChI=1S/C16H17Br2NO/c1-2-9-19-11-12-10-13(17)7-8-15(12)20-16-6-4-3-5-14(16)18/h3-8,10,19H,2,9,11H2,1H3. The van der Waals surface area contributed by atoms with Crippen molar-refractivity contribution >= 4 is 31.9 Å². The molecule has 0 atom stereocenters. The zero-order valence-corrected chi connectivity index (χ0v) is 14.5. The van der Waals surface area contributed by atoms with Crippen LogP contribution in [-0.4, -0.2) is 6.54 Å². The highest BCUT2D eigenvalue weighted by Gasteiger charge is 2.07. The first-order chi connectivity index (χ1) is 9.70. The molecule has 106 valence electrons. The van der Waals surface area contributed by atoms with E-state index in [-0.39, 0.29) is 0 Å². The van der Waals surface area contributed by atoms with Gasteiger partial charge in [0.1, 0.15) is 11.5 Å². The van der Waals surface area contributed by atoms with Gasteiger partial charge in [0, 0.05) is 16.6 Å². The fraction of sp³-hybridized carbons (Fsp3) is 0.250. The van der Waals surface area contributed by atoms with E-state index in [9.17, 15) is 0 Å². The van der Waals surface area contributed by atoms with Gasteiger partial charge in [-0.25, -0.2) is 0 Å². The van der Waals surface area contributed by atoms with Crippen LogP contribution in [0, 0.1) is 0 Å². The van der Waals surface area contributed by atoms with Crippen molar-refractivity contribution in [1.82, 2.24) is 5.32 Å². The third-order valence-electron chi connectivity index (χ3n) is 2.82. The minimum absolute atomic E-state index is 0.799. The molecule has 0 aromatic heterocycles. The van der Waals surface area contributed by atoms with Crippen molar-refractivity contribution in [2.75, 3.05) is 6.54 Å². The summed E-state index contributed by atoms with van der Waals surface area (Å²) in [5.41, 5.74) is 1.14. The molecule has 2 nitrogen and oxygen atoms in total. The minimum atomic E-state index is 0.799. The van der Waals surface area contributed by atoms with Crippen LogP contribution in [0.5, 0.6) is 11.5 Å². The Morgan fingerprint density at radius 2 is 1.85 bits per heavy atom. The highest BCUT2D eigenvalue weighted by Crippen LogP contribution is 2.32. The number of benzene rings is 2. The molecule has 0 fully saturated rings. The lowest BCUT2D eigenvalue weighted by Crippen LogP contribution is -2.14. The van der Waals surface area contributed by atoms with Crippen molar-refractivity contribution in [3.63, 3.8) is 0 Å². The third-order valence-corrected chi connectivity index (χ3v) is 3.97. The Morgan fingerprint density at radius 1 is 1.05 bits per heavy atom. The molecule has 4 heteroatoms. The van der Waals surface area contributed by atoms with Gasteiger partial charge in [-0.05, 0) is 59.2 Å². The van der Waals surface area contributed by atoms with Crippen molar-refractivity contribution in [2.24, 2.45) is 0 Å². The maximum absolute atomic E-state index is 6.02. The average molecular weight is 399 g/mol. The van der Waals surface area contributed by atoms with E-state index in [1.165, 1.54) is 0 Å². The lowest BCUT2D eigenvalue weighted by atomic mass is 10.2. The predicted molar refractivity (Wildman–Crippen MR) is 90.4 cm³/mol. The van der Waals surface area contributed by atoms with E-state index < -0.39 is 0 Å². The van der Waals surface area contributed by atoms with Crippen molar-refractivity contribution in [1.29, 1.82) is 0 Å². The summed E-state index contributed by atoms with van der Waals surface area (Å²) >= 11 is 7.02. The number of rotatable bonds is 6. The van der Waals surface area contributed by atoms with Gasteiger partial charge < -0.3 is 10.1 Å². The van der Waals surface area contributed by atoms with Crippen molar-refractivity contribution in [2.45, 2.75) is 19.9 Å². The zero-order chi connectivity index (χ0) is 14.4. The summed E-state index contributed by atoms with van der Waals surface area (Å²) in [6.07, 6.45) is 1.12. The minimum Gasteiger partial charge on any atom is -0.456 e. The molecule has 2 aromatic rings. The topological polar surface area (TPSA) is 21.3 Å². The van der Waals surface area contributed by atoms with Gasteiger partial charge in [-0.1, -0.05) is 35.0 Å². The molecular weight excluding hydrogens is 382 g/mol. The molecule has 0 unspecified atom stereocenters. The van der Waals surface area contributed by atoms with E-state index in [0.29, 0.717) is 0 Å². The Labute approximate surface area is 136 Å². The molecule has 0 saturated carbocycles. The molecule has 2 aromatic carbocycles. The Morgan fingerprint density at radius 3 is 2.60 bits per heavy atom. The molecule has 0 saturated heterocycles. The largest absolute Gasteiger partial charge is 0.456 e. The van der Waals surface area contributed by atoms with E-state index in [4.69, 9.17) is 4.74 Å². The summed E-state index contributed by atoms with van der Waals surface area (Å²) in [5.74, 6) is 1.70. The fourth-order valence-electron chi connectivity index (χ4n) is 1.83. The molecule has 0 aliphatic carbocycles. The van der Waals surface area contributed by atoms with Crippen LogP contribution < -0.4 is 10.1 Å². The smallest absolute Gasteiger partial charge is 0.141 e. The molecule has 0 aliphatic heterocycles. The van der Waals surface area contributed by atoms with E-state index >= 15 is 0 Å².